The number of amides is 3. The van der Waals surface area contributed by atoms with Gasteiger partial charge in [0.1, 0.15) is 12.6 Å². The molecule has 2 heterocycles. The van der Waals surface area contributed by atoms with Crippen LogP contribution in [0.15, 0.2) is 36.4 Å². The number of carbonyl (C=O) groups is 3. The molecule has 2 aromatic rings. The van der Waals surface area contributed by atoms with E-state index in [-0.39, 0.29) is 30.9 Å². The Labute approximate surface area is 219 Å². The first-order chi connectivity index (χ1) is 17.5. The van der Waals surface area contributed by atoms with Gasteiger partial charge in [0.25, 0.3) is 11.8 Å². The second kappa shape index (κ2) is 11.3. The van der Waals surface area contributed by atoms with Crippen LogP contribution in [0.3, 0.4) is 0 Å². The Morgan fingerprint density at radius 1 is 1.14 bits per heavy atom. The Bertz CT molecular complexity index is 1100. The van der Waals surface area contributed by atoms with Crippen molar-refractivity contribution in [3.63, 3.8) is 0 Å². The smallest absolute Gasteiger partial charge is 0.261 e. The molecular weight excluding hydrogens is 500 g/mol. The maximum atomic E-state index is 13.6. The van der Waals surface area contributed by atoms with Crippen LogP contribution in [-0.4, -0.2) is 67.6 Å². The van der Waals surface area contributed by atoms with Crippen LogP contribution in [0.1, 0.15) is 41.8 Å². The average Bonchev–Trinajstić information content (AvgIpc) is 3.55. The van der Waals surface area contributed by atoms with Gasteiger partial charge < -0.3 is 20.3 Å². The summed E-state index contributed by atoms with van der Waals surface area (Å²) in [6, 6.07) is 10.6. The Hall–Kier alpha value is -2.46. The van der Waals surface area contributed by atoms with Crippen LogP contribution in [0.5, 0.6) is 0 Å². The van der Waals surface area contributed by atoms with Gasteiger partial charge in [0.15, 0.2) is 0 Å². The molecule has 3 aliphatic rings. The highest BCUT2D eigenvalue weighted by atomic mass is 35.5. The van der Waals surface area contributed by atoms with Gasteiger partial charge in [-0.3, -0.25) is 19.3 Å². The first-order valence-electron chi connectivity index (χ1n) is 12.6. The van der Waals surface area contributed by atoms with Crippen LogP contribution < -0.4 is 15.5 Å². The summed E-state index contributed by atoms with van der Waals surface area (Å²) >= 11 is 7.22. The quantitative estimate of drug-likeness (QED) is 0.488. The van der Waals surface area contributed by atoms with Crippen molar-refractivity contribution in [3.05, 3.63) is 45.6 Å². The summed E-state index contributed by atoms with van der Waals surface area (Å²) in [6.45, 7) is 2.21. The molecule has 5 rings (SSSR count). The lowest BCUT2D eigenvalue weighted by Gasteiger charge is -2.42. The van der Waals surface area contributed by atoms with E-state index >= 15 is 0 Å². The summed E-state index contributed by atoms with van der Waals surface area (Å²) < 4.78 is 5.76. The minimum atomic E-state index is -0.476. The zero-order valence-corrected chi connectivity index (χ0v) is 21.7. The second-order valence-electron chi connectivity index (χ2n) is 9.69. The molecule has 3 fully saturated rings. The van der Waals surface area contributed by atoms with E-state index < -0.39 is 6.04 Å². The molecule has 192 valence electrons. The standard InChI is InChI=1S/C26H31ClN4O4S/c27-23-11-10-22(36-23)26(34)28-14-21(31(15-17-4-5-17)19-2-1-3-19)25(33)29-18-6-8-20(9-7-18)30-12-13-35-16-24(30)32/h6-11,17,19,21H,1-5,12-16H2,(H,28,34)(H,29,33)/t21-/m0/s1. The van der Waals surface area contributed by atoms with E-state index in [1.54, 1.807) is 17.0 Å². The first-order valence-corrected chi connectivity index (χ1v) is 13.8. The maximum Gasteiger partial charge on any atom is 0.261 e. The minimum absolute atomic E-state index is 0.0721. The zero-order valence-electron chi connectivity index (χ0n) is 20.1. The van der Waals surface area contributed by atoms with Crippen LogP contribution in [-0.2, 0) is 14.3 Å². The van der Waals surface area contributed by atoms with Crippen LogP contribution in [0.2, 0.25) is 4.34 Å². The third-order valence-corrected chi connectivity index (χ3v) is 8.33. The molecule has 8 nitrogen and oxygen atoms in total. The van der Waals surface area contributed by atoms with Crippen LogP contribution >= 0.6 is 22.9 Å². The number of hydrogen-bond acceptors (Lipinski definition) is 6. The molecule has 1 atom stereocenters. The van der Waals surface area contributed by atoms with E-state index in [0.29, 0.717) is 40.0 Å². The highest BCUT2D eigenvalue weighted by Crippen LogP contribution is 2.35. The topological polar surface area (TPSA) is 91.0 Å². The third kappa shape index (κ3) is 6.08. The summed E-state index contributed by atoms with van der Waals surface area (Å²) in [4.78, 5) is 43.0. The molecule has 2 aliphatic carbocycles. The van der Waals surface area contributed by atoms with Crippen LogP contribution in [0.25, 0.3) is 0 Å². The molecule has 0 bridgehead atoms. The highest BCUT2D eigenvalue weighted by Gasteiger charge is 2.38. The molecule has 10 heteroatoms. The summed E-state index contributed by atoms with van der Waals surface area (Å²) in [5, 5.41) is 6.02. The molecule has 1 aromatic heterocycles. The summed E-state index contributed by atoms with van der Waals surface area (Å²) in [7, 11) is 0. The number of ether oxygens (including phenoxy) is 1. The van der Waals surface area contributed by atoms with Gasteiger partial charge in [0.05, 0.1) is 15.8 Å². The average molecular weight is 531 g/mol. The summed E-state index contributed by atoms with van der Waals surface area (Å²) in [5.74, 6) is 0.196. The van der Waals surface area contributed by atoms with Gasteiger partial charge in [0.2, 0.25) is 5.91 Å². The molecule has 2 saturated carbocycles. The van der Waals surface area contributed by atoms with E-state index in [9.17, 15) is 14.4 Å². The summed E-state index contributed by atoms with van der Waals surface area (Å²) in [5.41, 5.74) is 1.44. The number of nitrogens with zero attached hydrogens (tertiary/aromatic N) is 2. The van der Waals surface area contributed by atoms with Crippen molar-refractivity contribution in [3.8, 4) is 0 Å². The first kappa shape index (κ1) is 25.2. The Kier molecular flexibility index (Phi) is 7.90. The van der Waals surface area contributed by atoms with Gasteiger partial charge >= 0.3 is 0 Å². The molecule has 0 unspecified atom stereocenters. The number of halogens is 1. The molecule has 0 radical (unpaired) electrons. The van der Waals surface area contributed by atoms with Crippen molar-refractivity contribution >= 4 is 52.0 Å². The van der Waals surface area contributed by atoms with Gasteiger partial charge in [-0.1, -0.05) is 18.0 Å². The number of hydrogen-bond donors (Lipinski definition) is 2. The Morgan fingerprint density at radius 2 is 1.92 bits per heavy atom. The maximum absolute atomic E-state index is 13.6. The fourth-order valence-corrected chi connectivity index (χ4v) is 5.62. The van der Waals surface area contributed by atoms with E-state index in [1.165, 1.54) is 30.6 Å². The predicted molar refractivity (Wildman–Crippen MR) is 141 cm³/mol. The number of carbonyl (C=O) groups excluding carboxylic acids is 3. The minimum Gasteiger partial charge on any atom is -0.370 e. The largest absolute Gasteiger partial charge is 0.370 e. The molecule has 36 heavy (non-hydrogen) atoms. The van der Waals surface area contributed by atoms with E-state index in [0.717, 1.165) is 25.1 Å². The predicted octanol–water partition coefficient (Wildman–Crippen LogP) is 3.77. The number of rotatable bonds is 10. The Morgan fingerprint density at radius 3 is 2.53 bits per heavy atom. The second-order valence-corrected chi connectivity index (χ2v) is 11.4. The van der Waals surface area contributed by atoms with Crippen LogP contribution in [0.4, 0.5) is 11.4 Å². The van der Waals surface area contributed by atoms with Crippen molar-refractivity contribution in [1.82, 2.24) is 10.2 Å². The van der Waals surface area contributed by atoms with E-state index in [4.69, 9.17) is 16.3 Å². The van der Waals surface area contributed by atoms with Gasteiger partial charge in [-0.2, -0.15) is 0 Å². The highest BCUT2D eigenvalue weighted by molar-refractivity contribution is 7.18. The van der Waals surface area contributed by atoms with Gasteiger partial charge in [0, 0.05) is 37.1 Å². The van der Waals surface area contributed by atoms with Crippen molar-refractivity contribution in [2.45, 2.75) is 44.2 Å². The molecule has 0 spiro atoms. The van der Waals surface area contributed by atoms with E-state index in [2.05, 4.69) is 15.5 Å². The monoisotopic (exact) mass is 530 g/mol. The Balaban J connectivity index is 1.29. The fraction of sp³-hybridized carbons (Fsp3) is 0.500. The SMILES string of the molecule is O=C(NC[C@@H](C(=O)Nc1ccc(N2CCOCC2=O)cc1)N(CC1CC1)C1CCC1)c1ccc(Cl)s1. The molecule has 1 aromatic carbocycles. The van der Waals surface area contributed by atoms with E-state index in [1.807, 2.05) is 24.3 Å². The fourth-order valence-electron chi connectivity index (χ4n) is 4.66. The van der Waals surface area contributed by atoms with Crippen molar-refractivity contribution in [1.29, 1.82) is 0 Å². The number of benzene rings is 1. The molecule has 1 aliphatic heterocycles. The number of nitrogens with one attached hydrogen (secondary N) is 2. The van der Waals surface area contributed by atoms with Gasteiger partial charge in [-0.05, 0) is 68.0 Å². The lowest BCUT2D eigenvalue weighted by Crippen LogP contribution is -2.56. The number of thiophene rings is 1. The lowest BCUT2D eigenvalue weighted by atomic mass is 9.89. The molecule has 3 amide bonds. The van der Waals surface area contributed by atoms with Gasteiger partial charge in [-0.15, -0.1) is 11.3 Å². The molecule has 2 N–H and O–H groups in total. The van der Waals surface area contributed by atoms with Gasteiger partial charge in [-0.25, -0.2) is 0 Å². The van der Waals surface area contributed by atoms with Crippen molar-refractivity contribution < 1.29 is 19.1 Å². The summed E-state index contributed by atoms with van der Waals surface area (Å²) in [6.07, 6.45) is 5.71. The lowest BCUT2D eigenvalue weighted by molar-refractivity contribution is -0.125. The zero-order chi connectivity index (χ0) is 25.1. The number of morpholine rings is 1. The van der Waals surface area contributed by atoms with Crippen molar-refractivity contribution in [2.24, 2.45) is 5.92 Å². The molecular formula is C26H31ClN4O4S. The third-order valence-electron chi connectivity index (χ3n) is 7.10. The molecule has 1 saturated heterocycles. The van der Waals surface area contributed by atoms with Crippen LogP contribution in [0, 0.1) is 5.92 Å². The number of anilines is 2. The van der Waals surface area contributed by atoms with Crippen molar-refractivity contribution in [2.75, 3.05) is 43.1 Å². The normalized spacial score (nSPS) is 19.2.